The highest BCUT2D eigenvalue weighted by Crippen LogP contribution is 2.48. The van der Waals surface area contributed by atoms with Crippen molar-refractivity contribution in [2.24, 2.45) is 5.92 Å². The third-order valence-electron chi connectivity index (χ3n) is 5.92. The average Bonchev–Trinajstić information content (AvgIpc) is 2.74. The van der Waals surface area contributed by atoms with E-state index in [9.17, 15) is 5.11 Å². The Morgan fingerprint density at radius 1 is 1.21 bits per heavy atom. The zero-order valence-electron chi connectivity index (χ0n) is 17.2. The normalized spacial score (nSPS) is 26.5. The minimum atomic E-state index is 0.129. The second-order valence-electron chi connectivity index (χ2n) is 7.66. The Morgan fingerprint density at radius 2 is 1.97 bits per heavy atom. The Labute approximate surface area is 177 Å². The van der Waals surface area contributed by atoms with Crippen LogP contribution in [0.4, 0.5) is 0 Å². The molecule has 0 aromatic heterocycles. The van der Waals surface area contributed by atoms with Crippen molar-refractivity contribution in [3.8, 4) is 11.5 Å². The SMILES string of the molecule is CCOc1cc2c(cc1OCC)C1C(CO)CSC(C3=CC=CCC3=N)N1CC2. The molecule has 5 nitrogen and oxygen atoms in total. The number of allylic oxidation sites excluding steroid dienone is 3. The predicted molar refractivity (Wildman–Crippen MR) is 118 cm³/mol. The lowest BCUT2D eigenvalue weighted by molar-refractivity contribution is 0.0905. The molecule has 0 radical (unpaired) electrons. The van der Waals surface area contributed by atoms with Crippen LogP contribution in [0.2, 0.25) is 0 Å². The molecule has 0 saturated carbocycles. The Balaban J connectivity index is 1.74. The first-order chi connectivity index (χ1) is 14.2. The fourth-order valence-corrected chi connectivity index (χ4v) is 6.18. The number of hydrogen-bond acceptors (Lipinski definition) is 6. The predicted octanol–water partition coefficient (Wildman–Crippen LogP) is 3.97. The van der Waals surface area contributed by atoms with Crippen molar-refractivity contribution in [3.63, 3.8) is 0 Å². The number of fused-ring (bicyclic) bond motifs is 3. The molecule has 0 bridgehead atoms. The van der Waals surface area contributed by atoms with Crippen LogP contribution < -0.4 is 9.47 Å². The second-order valence-corrected chi connectivity index (χ2v) is 8.77. The van der Waals surface area contributed by atoms with E-state index in [1.807, 2.05) is 31.7 Å². The van der Waals surface area contributed by atoms with Gasteiger partial charge in [0.1, 0.15) is 0 Å². The van der Waals surface area contributed by atoms with Crippen molar-refractivity contribution in [3.05, 3.63) is 47.1 Å². The second kappa shape index (κ2) is 8.94. The van der Waals surface area contributed by atoms with Gasteiger partial charge in [-0.25, -0.2) is 0 Å². The Morgan fingerprint density at radius 3 is 2.66 bits per heavy atom. The van der Waals surface area contributed by atoms with Gasteiger partial charge in [0.05, 0.1) is 18.6 Å². The molecule has 0 spiro atoms. The zero-order chi connectivity index (χ0) is 20.4. The van der Waals surface area contributed by atoms with E-state index >= 15 is 0 Å². The first-order valence-corrected chi connectivity index (χ1v) is 11.6. The molecule has 1 aromatic rings. The van der Waals surface area contributed by atoms with Gasteiger partial charge in [-0.1, -0.05) is 18.2 Å². The van der Waals surface area contributed by atoms with Gasteiger partial charge in [-0.15, -0.1) is 11.8 Å². The lowest BCUT2D eigenvalue weighted by Crippen LogP contribution is -2.50. The quantitative estimate of drug-likeness (QED) is 0.737. The lowest BCUT2D eigenvalue weighted by Gasteiger charge is -2.49. The van der Waals surface area contributed by atoms with E-state index in [4.69, 9.17) is 14.9 Å². The largest absolute Gasteiger partial charge is 0.490 e. The Bertz CT molecular complexity index is 836. The summed E-state index contributed by atoms with van der Waals surface area (Å²) in [6.07, 6.45) is 7.85. The maximum atomic E-state index is 10.2. The van der Waals surface area contributed by atoms with Gasteiger partial charge in [-0.05, 0) is 43.5 Å². The number of rotatable bonds is 6. The molecule has 1 fully saturated rings. The van der Waals surface area contributed by atoms with Crippen LogP contribution in [-0.2, 0) is 6.42 Å². The number of aliphatic hydroxyl groups is 1. The van der Waals surface area contributed by atoms with Gasteiger partial charge in [-0.2, -0.15) is 0 Å². The maximum Gasteiger partial charge on any atom is 0.161 e. The van der Waals surface area contributed by atoms with Crippen LogP contribution in [0.5, 0.6) is 11.5 Å². The van der Waals surface area contributed by atoms with Crippen LogP contribution in [0.25, 0.3) is 0 Å². The van der Waals surface area contributed by atoms with E-state index in [0.717, 1.165) is 35.8 Å². The molecule has 6 heteroatoms. The lowest BCUT2D eigenvalue weighted by atomic mass is 9.84. The molecule has 29 heavy (non-hydrogen) atoms. The molecule has 2 heterocycles. The molecule has 1 saturated heterocycles. The molecule has 0 amide bonds. The molecule has 1 aliphatic carbocycles. The van der Waals surface area contributed by atoms with Crippen molar-refractivity contribution >= 4 is 17.5 Å². The van der Waals surface area contributed by atoms with Gasteiger partial charge in [0, 0.05) is 48.6 Å². The maximum absolute atomic E-state index is 10.2. The van der Waals surface area contributed by atoms with E-state index in [0.29, 0.717) is 25.3 Å². The van der Waals surface area contributed by atoms with E-state index in [2.05, 4.69) is 29.2 Å². The average molecular weight is 415 g/mol. The highest BCUT2D eigenvalue weighted by Gasteiger charge is 2.43. The van der Waals surface area contributed by atoms with Crippen molar-refractivity contribution in [1.29, 1.82) is 5.41 Å². The molecule has 1 aromatic carbocycles. The third kappa shape index (κ3) is 3.86. The zero-order valence-corrected chi connectivity index (χ0v) is 18.0. The molecule has 2 N–H and O–H groups in total. The van der Waals surface area contributed by atoms with Gasteiger partial charge in [-0.3, -0.25) is 4.90 Å². The summed E-state index contributed by atoms with van der Waals surface area (Å²) in [6.45, 7) is 6.25. The van der Waals surface area contributed by atoms with Crippen LogP contribution in [-0.4, -0.2) is 53.2 Å². The van der Waals surface area contributed by atoms with Crippen LogP contribution in [0, 0.1) is 11.3 Å². The monoisotopic (exact) mass is 414 g/mol. The van der Waals surface area contributed by atoms with Crippen LogP contribution >= 0.6 is 11.8 Å². The molecular formula is C23H30N2O3S. The van der Waals surface area contributed by atoms with Crippen molar-refractivity contribution in [1.82, 2.24) is 4.90 Å². The van der Waals surface area contributed by atoms with Crippen LogP contribution in [0.1, 0.15) is 37.4 Å². The number of benzene rings is 1. The number of hydrogen-bond donors (Lipinski definition) is 2. The standard InChI is InChI=1S/C23H30N2O3S/c1-3-27-20-11-15-9-10-25-22(18(15)12-21(20)28-4-2)16(13-26)14-29-23(25)17-7-5-6-8-19(17)24/h5-7,11-12,16,22-24,26H,3-4,8-10,13-14H2,1-2H3. The number of aliphatic hydroxyl groups excluding tert-OH is 1. The van der Waals surface area contributed by atoms with Crippen molar-refractivity contribution in [2.75, 3.05) is 32.1 Å². The summed E-state index contributed by atoms with van der Waals surface area (Å²) in [4.78, 5) is 2.49. The van der Waals surface area contributed by atoms with E-state index < -0.39 is 0 Å². The Hall–Kier alpha value is -1.76. The van der Waals surface area contributed by atoms with Gasteiger partial charge in [0.15, 0.2) is 11.5 Å². The van der Waals surface area contributed by atoms with Gasteiger partial charge in [0.25, 0.3) is 0 Å². The van der Waals surface area contributed by atoms with Gasteiger partial charge >= 0.3 is 0 Å². The topological polar surface area (TPSA) is 65.8 Å². The molecule has 2 aliphatic heterocycles. The highest BCUT2D eigenvalue weighted by molar-refractivity contribution is 8.00. The first-order valence-electron chi connectivity index (χ1n) is 10.5. The number of thioether (sulfide) groups is 1. The minimum Gasteiger partial charge on any atom is -0.490 e. The minimum absolute atomic E-state index is 0.129. The van der Waals surface area contributed by atoms with Crippen LogP contribution in [0.3, 0.4) is 0 Å². The highest BCUT2D eigenvalue weighted by atomic mass is 32.2. The molecule has 4 rings (SSSR count). The van der Waals surface area contributed by atoms with Gasteiger partial charge in [0.2, 0.25) is 0 Å². The smallest absolute Gasteiger partial charge is 0.161 e. The summed E-state index contributed by atoms with van der Waals surface area (Å²) >= 11 is 1.86. The molecule has 156 valence electrons. The first kappa shape index (κ1) is 20.5. The van der Waals surface area contributed by atoms with Crippen molar-refractivity contribution in [2.45, 2.75) is 38.1 Å². The van der Waals surface area contributed by atoms with Crippen molar-refractivity contribution < 1.29 is 14.6 Å². The van der Waals surface area contributed by atoms with E-state index in [-0.39, 0.29) is 23.9 Å². The molecule has 3 unspecified atom stereocenters. The van der Waals surface area contributed by atoms with Gasteiger partial charge < -0.3 is 20.0 Å². The van der Waals surface area contributed by atoms with E-state index in [1.54, 1.807) is 0 Å². The number of nitrogens with one attached hydrogen (secondary N) is 1. The van der Waals surface area contributed by atoms with E-state index in [1.165, 1.54) is 11.1 Å². The van der Waals surface area contributed by atoms with Crippen LogP contribution in [0.15, 0.2) is 35.9 Å². The fourth-order valence-electron chi connectivity index (χ4n) is 4.63. The fraction of sp³-hybridized carbons (Fsp3) is 0.522. The summed E-state index contributed by atoms with van der Waals surface area (Å²) < 4.78 is 11.7. The Kier molecular flexibility index (Phi) is 6.32. The molecule has 3 aliphatic rings. The molecule has 3 atom stereocenters. The molecular weight excluding hydrogens is 384 g/mol. The summed E-state index contributed by atoms with van der Waals surface area (Å²) in [6, 6.07) is 4.40. The third-order valence-corrected chi connectivity index (χ3v) is 7.38. The number of nitrogens with zero attached hydrogens (tertiary/aromatic N) is 1. The summed E-state index contributed by atoms with van der Waals surface area (Å²) in [5.41, 5.74) is 4.35. The summed E-state index contributed by atoms with van der Waals surface area (Å²) in [5.74, 6) is 2.64. The summed E-state index contributed by atoms with van der Waals surface area (Å²) in [5, 5.41) is 18.8. The number of ether oxygens (including phenoxy) is 2. The summed E-state index contributed by atoms with van der Waals surface area (Å²) in [7, 11) is 0.